The van der Waals surface area contributed by atoms with Crippen molar-refractivity contribution in [3.05, 3.63) is 28.2 Å². The number of aryl methyl sites for hydroxylation is 1. The van der Waals surface area contributed by atoms with Crippen LogP contribution in [-0.2, 0) is 0 Å². The molecule has 0 radical (unpaired) electrons. The third kappa shape index (κ3) is 3.75. The van der Waals surface area contributed by atoms with Crippen LogP contribution in [0.25, 0.3) is 0 Å². The van der Waals surface area contributed by atoms with E-state index < -0.39 is 0 Å². The Morgan fingerprint density at radius 3 is 2.47 bits per heavy atom. The van der Waals surface area contributed by atoms with Gasteiger partial charge in [-0.15, -0.1) is 0 Å². The van der Waals surface area contributed by atoms with Gasteiger partial charge in [-0.25, -0.2) is 0 Å². The molecule has 1 fully saturated rings. The van der Waals surface area contributed by atoms with Gasteiger partial charge in [-0.05, 0) is 54.9 Å². The van der Waals surface area contributed by atoms with E-state index in [-0.39, 0.29) is 0 Å². The SMILES string of the molecule is Cc1cc(Br)ccc1NC1CCCCC1C(C)(C)C. The van der Waals surface area contributed by atoms with Crippen molar-refractivity contribution in [3.63, 3.8) is 0 Å². The molecule has 2 atom stereocenters. The standard InChI is InChI=1S/C17H26BrN/c1-12-11-13(18)9-10-15(12)19-16-8-6-5-7-14(16)17(2,3)4/h9-11,14,16,19H,5-8H2,1-4H3. The summed E-state index contributed by atoms with van der Waals surface area (Å²) in [6, 6.07) is 7.14. The summed E-state index contributed by atoms with van der Waals surface area (Å²) in [4.78, 5) is 0. The molecule has 0 bridgehead atoms. The van der Waals surface area contributed by atoms with Gasteiger partial charge in [-0.1, -0.05) is 49.5 Å². The molecule has 0 aliphatic heterocycles. The van der Waals surface area contributed by atoms with Crippen LogP contribution in [0.3, 0.4) is 0 Å². The molecular weight excluding hydrogens is 298 g/mol. The Kier molecular flexibility index (Phi) is 4.60. The number of hydrogen-bond donors (Lipinski definition) is 1. The van der Waals surface area contributed by atoms with Crippen LogP contribution < -0.4 is 5.32 Å². The molecule has 2 rings (SSSR count). The summed E-state index contributed by atoms with van der Waals surface area (Å²) in [6.45, 7) is 9.33. The fourth-order valence-corrected chi connectivity index (χ4v) is 3.80. The predicted molar refractivity (Wildman–Crippen MR) is 87.7 cm³/mol. The highest BCUT2D eigenvalue weighted by atomic mass is 79.9. The van der Waals surface area contributed by atoms with Crippen LogP contribution in [0.5, 0.6) is 0 Å². The lowest BCUT2D eigenvalue weighted by Gasteiger charge is -2.41. The van der Waals surface area contributed by atoms with E-state index in [4.69, 9.17) is 0 Å². The molecule has 1 aliphatic rings. The monoisotopic (exact) mass is 323 g/mol. The van der Waals surface area contributed by atoms with Gasteiger partial charge in [0, 0.05) is 16.2 Å². The van der Waals surface area contributed by atoms with E-state index in [1.807, 2.05) is 0 Å². The first kappa shape index (κ1) is 14.9. The zero-order valence-corrected chi connectivity index (χ0v) is 14.2. The van der Waals surface area contributed by atoms with Crippen molar-refractivity contribution in [2.24, 2.45) is 11.3 Å². The van der Waals surface area contributed by atoms with Crippen LogP contribution in [-0.4, -0.2) is 6.04 Å². The van der Waals surface area contributed by atoms with Crippen molar-refractivity contribution in [2.75, 3.05) is 5.32 Å². The van der Waals surface area contributed by atoms with E-state index in [1.165, 1.54) is 36.9 Å². The summed E-state index contributed by atoms with van der Waals surface area (Å²) in [6.07, 6.45) is 5.41. The molecule has 1 aromatic rings. The van der Waals surface area contributed by atoms with Crippen molar-refractivity contribution in [1.29, 1.82) is 0 Å². The number of nitrogens with one attached hydrogen (secondary N) is 1. The summed E-state index contributed by atoms with van der Waals surface area (Å²) in [5.74, 6) is 0.768. The molecule has 0 amide bonds. The highest BCUT2D eigenvalue weighted by Gasteiger charge is 2.34. The molecular formula is C17H26BrN. The second kappa shape index (κ2) is 5.87. The van der Waals surface area contributed by atoms with Crippen molar-refractivity contribution >= 4 is 21.6 Å². The van der Waals surface area contributed by atoms with Crippen LogP contribution in [0.4, 0.5) is 5.69 Å². The highest BCUT2D eigenvalue weighted by molar-refractivity contribution is 9.10. The van der Waals surface area contributed by atoms with Gasteiger partial charge in [0.2, 0.25) is 0 Å². The van der Waals surface area contributed by atoms with Crippen molar-refractivity contribution in [3.8, 4) is 0 Å². The first-order valence-electron chi connectivity index (χ1n) is 7.40. The van der Waals surface area contributed by atoms with Gasteiger partial charge in [0.25, 0.3) is 0 Å². The molecule has 2 unspecified atom stereocenters. The molecule has 1 saturated carbocycles. The van der Waals surface area contributed by atoms with Crippen molar-refractivity contribution in [1.82, 2.24) is 0 Å². The Labute approximate surface area is 126 Å². The normalized spacial score (nSPS) is 24.3. The third-order valence-electron chi connectivity index (χ3n) is 4.41. The van der Waals surface area contributed by atoms with Gasteiger partial charge >= 0.3 is 0 Å². The van der Waals surface area contributed by atoms with E-state index >= 15 is 0 Å². The van der Waals surface area contributed by atoms with Crippen molar-refractivity contribution in [2.45, 2.75) is 59.4 Å². The van der Waals surface area contributed by atoms with Gasteiger partial charge in [-0.3, -0.25) is 0 Å². The second-order valence-electron chi connectivity index (χ2n) is 6.97. The van der Waals surface area contributed by atoms with Gasteiger partial charge in [-0.2, -0.15) is 0 Å². The highest BCUT2D eigenvalue weighted by Crippen LogP contribution is 2.39. The number of hydrogen-bond acceptors (Lipinski definition) is 1. The maximum absolute atomic E-state index is 3.81. The number of rotatable bonds is 2. The molecule has 1 N–H and O–H groups in total. The molecule has 19 heavy (non-hydrogen) atoms. The van der Waals surface area contributed by atoms with Crippen LogP contribution >= 0.6 is 15.9 Å². The van der Waals surface area contributed by atoms with Crippen LogP contribution in [0.2, 0.25) is 0 Å². The maximum atomic E-state index is 3.81. The van der Waals surface area contributed by atoms with Gasteiger partial charge in [0.15, 0.2) is 0 Å². The average Bonchev–Trinajstić information content (AvgIpc) is 2.32. The van der Waals surface area contributed by atoms with Crippen LogP contribution in [0.15, 0.2) is 22.7 Å². The van der Waals surface area contributed by atoms with Gasteiger partial charge < -0.3 is 5.32 Å². The second-order valence-corrected chi connectivity index (χ2v) is 7.88. The number of halogens is 1. The largest absolute Gasteiger partial charge is 0.382 e. The number of benzene rings is 1. The van der Waals surface area contributed by atoms with E-state index in [1.54, 1.807) is 0 Å². The van der Waals surface area contributed by atoms with Crippen LogP contribution in [0, 0.1) is 18.3 Å². The third-order valence-corrected chi connectivity index (χ3v) is 4.90. The first-order valence-corrected chi connectivity index (χ1v) is 8.20. The Bertz CT molecular complexity index is 433. The van der Waals surface area contributed by atoms with Crippen molar-refractivity contribution < 1.29 is 0 Å². The molecule has 1 aromatic carbocycles. The minimum absolute atomic E-state index is 0.390. The molecule has 2 heteroatoms. The minimum Gasteiger partial charge on any atom is -0.382 e. The van der Waals surface area contributed by atoms with E-state index in [0.717, 1.165) is 10.4 Å². The number of anilines is 1. The summed E-state index contributed by atoms with van der Waals surface area (Å²) >= 11 is 3.54. The maximum Gasteiger partial charge on any atom is 0.0372 e. The Morgan fingerprint density at radius 2 is 1.84 bits per heavy atom. The zero-order chi connectivity index (χ0) is 14.0. The molecule has 1 aliphatic carbocycles. The van der Waals surface area contributed by atoms with Gasteiger partial charge in [0.05, 0.1) is 0 Å². The van der Waals surface area contributed by atoms with E-state index in [2.05, 4.69) is 67.1 Å². The minimum atomic E-state index is 0.390. The molecule has 0 saturated heterocycles. The molecule has 1 nitrogen and oxygen atoms in total. The Hall–Kier alpha value is -0.500. The lowest BCUT2D eigenvalue weighted by molar-refractivity contribution is 0.163. The first-order chi connectivity index (χ1) is 8.88. The molecule has 0 spiro atoms. The predicted octanol–water partition coefficient (Wildman–Crippen LogP) is 5.77. The summed E-state index contributed by atoms with van der Waals surface area (Å²) in [5, 5.41) is 3.81. The van der Waals surface area contributed by atoms with E-state index in [0.29, 0.717) is 11.5 Å². The fourth-order valence-electron chi connectivity index (χ4n) is 3.33. The quantitative estimate of drug-likeness (QED) is 0.728. The lowest BCUT2D eigenvalue weighted by atomic mass is 9.69. The Balaban J connectivity index is 2.15. The molecule has 0 aromatic heterocycles. The average molecular weight is 324 g/mol. The molecule has 0 heterocycles. The van der Waals surface area contributed by atoms with Crippen LogP contribution in [0.1, 0.15) is 52.0 Å². The van der Waals surface area contributed by atoms with Gasteiger partial charge in [0.1, 0.15) is 0 Å². The summed E-state index contributed by atoms with van der Waals surface area (Å²) in [5.41, 5.74) is 3.01. The topological polar surface area (TPSA) is 12.0 Å². The lowest BCUT2D eigenvalue weighted by Crippen LogP contribution is -2.39. The zero-order valence-electron chi connectivity index (χ0n) is 12.6. The smallest absolute Gasteiger partial charge is 0.0372 e. The molecule has 106 valence electrons. The fraction of sp³-hybridized carbons (Fsp3) is 0.647. The summed E-state index contributed by atoms with van der Waals surface area (Å²) in [7, 11) is 0. The summed E-state index contributed by atoms with van der Waals surface area (Å²) < 4.78 is 1.16. The van der Waals surface area contributed by atoms with E-state index in [9.17, 15) is 0 Å². The Morgan fingerprint density at radius 1 is 1.16 bits per heavy atom.